The number of benzene rings is 1. The number of aryl methyl sites for hydroxylation is 1. The third-order valence-corrected chi connectivity index (χ3v) is 2.11. The Hall–Kier alpha value is -1.44. The Morgan fingerprint density at radius 2 is 1.93 bits per heavy atom. The van der Waals surface area contributed by atoms with E-state index in [0.29, 0.717) is 12.0 Å². The van der Waals surface area contributed by atoms with Crippen LogP contribution in [0.25, 0.3) is 0 Å². The molecule has 0 aromatic heterocycles. The molecule has 1 rings (SSSR count). The molecule has 0 aliphatic carbocycles. The van der Waals surface area contributed by atoms with Gasteiger partial charge in [0, 0.05) is 17.9 Å². The maximum atomic E-state index is 11.6. The number of carbonyl (C=O) groups is 2. The van der Waals surface area contributed by atoms with Crippen LogP contribution in [0.5, 0.6) is 0 Å². The standard InChI is InChI=1S/C12H14O2/c1-9-3-5-11(6-4-9)12(14)7-10(2)8-13/h3-6,8,10H,7H2,1-2H3. The lowest BCUT2D eigenvalue weighted by molar-refractivity contribution is -0.110. The van der Waals surface area contributed by atoms with Gasteiger partial charge in [-0.2, -0.15) is 0 Å². The smallest absolute Gasteiger partial charge is 0.163 e. The van der Waals surface area contributed by atoms with Crippen molar-refractivity contribution in [2.24, 2.45) is 5.92 Å². The number of ketones is 1. The van der Waals surface area contributed by atoms with E-state index < -0.39 is 0 Å². The molecular weight excluding hydrogens is 176 g/mol. The van der Waals surface area contributed by atoms with Crippen LogP contribution >= 0.6 is 0 Å². The van der Waals surface area contributed by atoms with E-state index in [0.717, 1.165) is 11.8 Å². The second-order valence-electron chi connectivity index (χ2n) is 3.61. The van der Waals surface area contributed by atoms with Crippen molar-refractivity contribution in [3.63, 3.8) is 0 Å². The van der Waals surface area contributed by atoms with Gasteiger partial charge in [-0.15, -0.1) is 0 Å². The van der Waals surface area contributed by atoms with Crippen molar-refractivity contribution in [3.8, 4) is 0 Å². The zero-order valence-electron chi connectivity index (χ0n) is 8.49. The largest absolute Gasteiger partial charge is 0.303 e. The van der Waals surface area contributed by atoms with E-state index in [4.69, 9.17) is 0 Å². The van der Waals surface area contributed by atoms with Crippen LogP contribution in [-0.2, 0) is 4.79 Å². The summed E-state index contributed by atoms with van der Waals surface area (Å²) >= 11 is 0. The highest BCUT2D eigenvalue weighted by Gasteiger charge is 2.09. The molecule has 0 spiro atoms. The van der Waals surface area contributed by atoms with Crippen LogP contribution in [0, 0.1) is 12.8 Å². The summed E-state index contributed by atoms with van der Waals surface area (Å²) in [6.07, 6.45) is 1.11. The minimum Gasteiger partial charge on any atom is -0.303 e. The molecule has 0 aliphatic rings. The first-order chi connectivity index (χ1) is 6.63. The summed E-state index contributed by atoms with van der Waals surface area (Å²) in [6, 6.07) is 7.40. The molecule has 0 radical (unpaired) electrons. The van der Waals surface area contributed by atoms with Gasteiger partial charge < -0.3 is 4.79 Å². The second-order valence-corrected chi connectivity index (χ2v) is 3.61. The van der Waals surface area contributed by atoms with Crippen LogP contribution in [0.1, 0.15) is 29.3 Å². The lowest BCUT2D eigenvalue weighted by atomic mass is 10.0. The minimum absolute atomic E-state index is 0.0320. The highest BCUT2D eigenvalue weighted by atomic mass is 16.1. The van der Waals surface area contributed by atoms with Gasteiger partial charge in [-0.25, -0.2) is 0 Å². The van der Waals surface area contributed by atoms with Crippen molar-refractivity contribution >= 4 is 12.1 Å². The Bertz CT molecular complexity index is 325. The molecule has 0 saturated heterocycles. The maximum Gasteiger partial charge on any atom is 0.163 e. The predicted molar refractivity (Wildman–Crippen MR) is 55.4 cm³/mol. The molecule has 14 heavy (non-hydrogen) atoms. The average Bonchev–Trinajstić information content (AvgIpc) is 2.18. The van der Waals surface area contributed by atoms with Crippen molar-refractivity contribution in [2.75, 3.05) is 0 Å². The molecule has 0 aliphatic heterocycles. The first kappa shape index (κ1) is 10.6. The topological polar surface area (TPSA) is 34.1 Å². The van der Waals surface area contributed by atoms with Crippen LogP contribution in [-0.4, -0.2) is 12.1 Å². The van der Waals surface area contributed by atoms with Gasteiger partial charge in [0.2, 0.25) is 0 Å². The van der Waals surface area contributed by atoms with Gasteiger partial charge in [0.1, 0.15) is 6.29 Å². The molecule has 0 saturated carbocycles. The molecule has 2 heteroatoms. The number of Topliss-reactive ketones (excluding diaryl/α,β-unsaturated/α-hetero) is 1. The van der Waals surface area contributed by atoms with E-state index in [1.807, 2.05) is 19.1 Å². The molecule has 1 unspecified atom stereocenters. The van der Waals surface area contributed by atoms with Crippen molar-refractivity contribution in [1.29, 1.82) is 0 Å². The molecule has 0 amide bonds. The van der Waals surface area contributed by atoms with Gasteiger partial charge in [0.25, 0.3) is 0 Å². The number of hydrogen-bond acceptors (Lipinski definition) is 2. The Kier molecular flexibility index (Phi) is 3.57. The predicted octanol–water partition coefficient (Wildman–Crippen LogP) is 2.40. The fraction of sp³-hybridized carbons (Fsp3) is 0.333. The van der Waals surface area contributed by atoms with Gasteiger partial charge in [-0.1, -0.05) is 36.8 Å². The maximum absolute atomic E-state index is 11.6. The molecule has 1 aromatic rings. The summed E-state index contributed by atoms with van der Waals surface area (Å²) < 4.78 is 0. The number of carbonyl (C=O) groups excluding carboxylic acids is 2. The molecule has 0 heterocycles. The molecule has 1 atom stereocenters. The van der Waals surface area contributed by atoms with E-state index in [2.05, 4.69) is 0 Å². The number of hydrogen-bond donors (Lipinski definition) is 0. The van der Waals surface area contributed by atoms with Gasteiger partial charge >= 0.3 is 0 Å². The molecular formula is C12H14O2. The Balaban J connectivity index is 2.70. The van der Waals surface area contributed by atoms with Crippen LogP contribution in [0.2, 0.25) is 0 Å². The summed E-state index contributed by atoms with van der Waals surface area (Å²) in [7, 11) is 0. The van der Waals surface area contributed by atoms with Gasteiger partial charge in [-0.05, 0) is 6.92 Å². The van der Waals surface area contributed by atoms with Crippen molar-refractivity contribution in [2.45, 2.75) is 20.3 Å². The fourth-order valence-corrected chi connectivity index (χ4v) is 1.20. The number of aldehydes is 1. The van der Waals surface area contributed by atoms with E-state index in [1.54, 1.807) is 19.1 Å². The van der Waals surface area contributed by atoms with Gasteiger partial charge in [-0.3, -0.25) is 4.79 Å². The van der Waals surface area contributed by atoms with Crippen molar-refractivity contribution in [1.82, 2.24) is 0 Å². The summed E-state index contributed by atoms with van der Waals surface area (Å²) in [5, 5.41) is 0. The average molecular weight is 190 g/mol. The monoisotopic (exact) mass is 190 g/mol. The zero-order chi connectivity index (χ0) is 10.6. The highest BCUT2D eigenvalue weighted by Crippen LogP contribution is 2.09. The summed E-state index contributed by atoms with van der Waals surface area (Å²) in [5.74, 6) is -0.159. The Labute approximate surface area is 83.9 Å². The Morgan fingerprint density at radius 1 is 1.36 bits per heavy atom. The third-order valence-electron chi connectivity index (χ3n) is 2.11. The molecule has 2 nitrogen and oxygen atoms in total. The first-order valence-corrected chi connectivity index (χ1v) is 4.68. The van der Waals surface area contributed by atoms with E-state index in [9.17, 15) is 9.59 Å². The SMILES string of the molecule is Cc1ccc(C(=O)CC(C)C=O)cc1. The quantitative estimate of drug-likeness (QED) is 0.539. The van der Waals surface area contributed by atoms with Gasteiger partial charge in [0.05, 0.1) is 0 Å². The molecule has 1 aromatic carbocycles. The summed E-state index contributed by atoms with van der Waals surface area (Å²) in [4.78, 5) is 21.9. The minimum atomic E-state index is -0.191. The fourth-order valence-electron chi connectivity index (χ4n) is 1.20. The van der Waals surface area contributed by atoms with E-state index in [-0.39, 0.29) is 11.7 Å². The first-order valence-electron chi connectivity index (χ1n) is 4.68. The normalized spacial score (nSPS) is 12.1. The second kappa shape index (κ2) is 4.70. The number of rotatable bonds is 4. The Morgan fingerprint density at radius 3 is 2.43 bits per heavy atom. The molecule has 0 fully saturated rings. The molecule has 0 N–H and O–H groups in total. The third kappa shape index (κ3) is 2.80. The molecule has 0 bridgehead atoms. The van der Waals surface area contributed by atoms with Gasteiger partial charge in [0.15, 0.2) is 5.78 Å². The molecule has 74 valence electrons. The van der Waals surface area contributed by atoms with Crippen LogP contribution < -0.4 is 0 Å². The summed E-state index contributed by atoms with van der Waals surface area (Å²) in [6.45, 7) is 3.72. The van der Waals surface area contributed by atoms with E-state index >= 15 is 0 Å². The lowest BCUT2D eigenvalue weighted by Gasteiger charge is -2.03. The summed E-state index contributed by atoms with van der Waals surface area (Å²) in [5.41, 5.74) is 1.81. The van der Waals surface area contributed by atoms with Crippen LogP contribution in [0.15, 0.2) is 24.3 Å². The van der Waals surface area contributed by atoms with Crippen molar-refractivity contribution < 1.29 is 9.59 Å². The van der Waals surface area contributed by atoms with E-state index in [1.165, 1.54) is 0 Å². The van der Waals surface area contributed by atoms with Crippen LogP contribution in [0.3, 0.4) is 0 Å². The zero-order valence-corrected chi connectivity index (χ0v) is 8.49. The lowest BCUT2D eigenvalue weighted by Crippen LogP contribution is -2.06. The highest BCUT2D eigenvalue weighted by molar-refractivity contribution is 5.97. The van der Waals surface area contributed by atoms with Crippen molar-refractivity contribution in [3.05, 3.63) is 35.4 Å². The van der Waals surface area contributed by atoms with Crippen LogP contribution in [0.4, 0.5) is 0 Å².